The molecule has 1 aromatic rings. The molecule has 21 heavy (non-hydrogen) atoms. The van der Waals surface area contributed by atoms with E-state index >= 15 is 0 Å². The monoisotopic (exact) mass is 296 g/mol. The molecule has 1 N–H and O–H groups in total. The zero-order chi connectivity index (χ0) is 15.2. The van der Waals surface area contributed by atoms with E-state index in [0.29, 0.717) is 13.0 Å². The second-order valence-corrected chi connectivity index (χ2v) is 5.14. The molecule has 0 radical (unpaired) electrons. The fraction of sp³-hybridized carbons (Fsp3) is 0.625. The Hall–Kier alpha value is -0.980. The van der Waals surface area contributed by atoms with Gasteiger partial charge in [0.15, 0.2) is 6.29 Å². The molecule has 1 aromatic carbocycles. The molecule has 0 bridgehead atoms. The van der Waals surface area contributed by atoms with Crippen LogP contribution in [0.4, 0.5) is 0 Å². The maximum absolute atomic E-state index is 10.3. The lowest BCUT2D eigenvalue weighted by Crippen LogP contribution is -2.59. The molecule has 1 heterocycles. The first kappa shape index (κ1) is 16.4. The van der Waals surface area contributed by atoms with Gasteiger partial charge in [0.25, 0.3) is 0 Å². The first-order valence-electron chi connectivity index (χ1n) is 7.25. The second kappa shape index (κ2) is 7.87. The average Bonchev–Trinajstić information content (AvgIpc) is 2.53. The minimum Gasteiger partial charge on any atom is -0.388 e. The third-order valence-corrected chi connectivity index (χ3v) is 3.81. The van der Waals surface area contributed by atoms with Crippen molar-refractivity contribution in [3.8, 4) is 0 Å². The Labute approximate surface area is 125 Å². The van der Waals surface area contributed by atoms with Gasteiger partial charge in [-0.25, -0.2) is 0 Å². The van der Waals surface area contributed by atoms with Crippen LogP contribution in [0.5, 0.6) is 0 Å². The molecule has 1 aliphatic rings. The summed E-state index contributed by atoms with van der Waals surface area (Å²) in [4.78, 5) is 0. The molecule has 1 aliphatic heterocycles. The van der Waals surface area contributed by atoms with Crippen molar-refractivity contribution in [2.45, 2.75) is 50.7 Å². The smallest absolute Gasteiger partial charge is 0.186 e. The molecule has 0 aliphatic carbocycles. The van der Waals surface area contributed by atoms with Crippen LogP contribution in [0.3, 0.4) is 0 Å². The molecule has 5 nitrogen and oxygen atoms in total. The Morgan fingerprint density at radius 2 is 1.81 bits per heavy atom. The zero-order valence-corrected chi connectivity index (χ0v) is 12.8. The predicted molar refractivity (Wildman–Crippen MR) is 77.8 cm³/mol. The van der Waals surface area contributed by atoms with Gasteiger partial charge in [-0.3, -0.25) is 0 Å². The van der Waals surface area contributed by atoms with Crippen molar-refractivity contribution in [2.75, 3.05) is 14.2 Å². The molecule has 118 valence electrons. The van der Waals surface area contributed by atoms with Crippen molar-refractivity contribution in [1.29, 1.82) is 0 Å². The van der Waals surface area contributed by atoms with Crippen LogP contribution < -0.4 is 0 Å². The van der Waals surface area contributed by atoms with Crippen LogP contribution in [0.2, 0.25) is 0 Å². The highest BCUT2D eigenvalue weighted by atomic mass is 16.7. The summed E-state index contributed by atoms with van der Waals surface area (Å²) in [6.07, 6.45) is -1.85. The highest BCUT2D eigenvalue weighted by Gasteiger charge is 2.45. The van der Waals surface area contributed by atoms with Crippen LogP contribution in [0.25, 0.3) is 0 Å². The zero-order valence-electron chi connectivity index (χ0n) is 12.8. The van der Waals surface area contributed by atoms with E-state index in [0.717, 1.165) is 5.56 Å². The Bertz CT molecular complexity index is 410. The number of rotatable bonds is 6. The van der Waals surface area contributed by atoms with E-state index in [-0.39, 0.29) is 6.10 Å². The van der Waals surface area contributed by atoms with Crippen LogP contribution in [-0.4, -0.2) is 50.0 Å². The number of benzene rings is 1. The van der Waals surface area contributed by atoms with Gasteiger partial charge in [-0.15, -0.1) is 0 Å². The van der Waals surface area contributed by atoms with Crippen molar-refractivity contribution in [1.82, 2.24) is 0 Å². The summed E-state index contributed by atoms with van der Waals surface area (Å²) in [5, 5.41) is 10.3. The Morgan fingerprint density at radius 3 is 2.38 bits per heavy atom. The summed E-state index contributed by atoms with van der Waals surface area (Å²) in [5.74, 6) is 0. The standard InChI is InChI=1S/C16H24O5/c1-4-12-13(17)14(18-2)15(16(19-3)21-12)20-10-11-8-6-5-7-9-11/h5-9,12-17H,4,10H2,1-3H3/t12?,13-,14+,15?,16+/m1/s1. The summed E-state index contributed by atoms with van der Waals surface area (Å²) in [6.45, 7) is 2.37. The third-order valence-electron chi connectivity index (χ3n) is 3.81. The molecule has 2 rings (SSSR count). The summed E-state index contributed by atoms with van der Waals surface area (Å²) in [6, 6.07) is 9.84. The number of aliphatic hydroxyl groups excluding tert-OH is 1. The van der Waals surface area contributed by atoms with Crippen molar-refractivity contribution < 1.29 is 24.1 Å². The Kier molecular flexibility index (Phi) is 6.14. The van der Waals surface area contributed by atoms with Crippen LogP contribution in [0.15, 0.2) is 30.3 Å². The van der Waals surface area contributed by atoms with Gasteiger partial charge in [0.2, 0.25) is 0 Å². The largest absolute Gasteiger partial charge is 0.388 e. The number of ether oxygens (including phenoxy) is 4. The molecule has 5 atom stereocenters. The van der Waals surface area contributed by atoms with E-state index < -0.39 is 24.6 Å². The van der Waals surface area contributed by atoms with Gasteiger partial charge in [-0.1, -0.05) is 37.3 Å². The second-order valence-electron chi connectivity index (χ2n) is 5.14. The van der Waals surface area contributed by atoms with Gasteiger partial charge >= 0.3 is 0 Å². The van der Waals surface area contributed by atoms with E-state index in [9.17, 15) is 5.11 Å². The molecule has 5 heteroatoms. The SMILES string of the molecule is CCC1O[C@H](OC)C(OCc2ccccc2)[C@@H](OC)[C@@H]1O. The Morgan fingerprint density at radius 1 is 1.10 bits per heavy atom. The average molecular weight is 296 g/mol. The molecule has 1 fully saturated rings. The fourth-order valence-corrected chi connectivity index (χ4v) is 2.63. The molecule has 0 amide bonds. The van der Waals surface area contributed by atoms with Crippen molar-refractivity contribution in [2.24, 2.45) is 0 Å². The number of aliphatic hydroxyl groups is 1. The minimum absolute atomic E-state index is 0.309. The van der Waals surface area contributed by atoms with Gasteiger partial charge in [-0.2, -0.15) is 0 Å². The van der Waals surface area contributed by atoms with Crippen molar-refractivity contribution in [3.05, 3.63) is 35.9 Å². The van der Waals surface area contributed by atoms with Crippen LogP contribution in [0.1, 0.15) is 18.9 Å². The molecule has 1 saturated heterocycles. The van der Waals surface area contributed by atoms with E-state index in [2.05, 4.69) is 0 Å². The van der Waals surface area contributed by atoms with Gasteiger partial charge in [-0.05, 0) is 12.0 Å². The summed E-state index contributed by atoms with van der Waals surface area (Å²) in [7, 11) is 3.14. The number of methoxy groups -OCH3 is 2. The highest BCUT2D eigenvalue weighted by Crippen LogP contribution is 2.28. The Balaban J connectivity index is 2.06. The first-order chi connectivity index (χ1) is 10.2. The van der Waals surface area contributed by atoms with Crippen LogP contribution >= 0.6 is 0 Å². The molecule has 2 unspecified atom stereocenters. The summed E-state index contributed by atoms with van der Waals surface area (Å²) in [5.41, 5.74) is 1.05. The maximum Gasteiger partial charge on any atom is 0.186 e. The van der Waals surface area contributed by atoms with Crippen molar-refractivity contribution >= 4 is 0 Å². The van der Waals surface area contributed by atoms with Crippen LogP contribution in [0, 0.1) is 0 Å². The minimum atomic E-state index is -0.729. The van der Waals surface area contributed by atoms with E-state index in [1.54, 1.807) is 14.2 Å². The lowest BCUT2D eigenvalue weighted by Gasteiger charge is -2.43. The molecular formula is C16H24O5. The predicted octanol–water partition coefficient (Wildman–Crippen LogP) is 1.73. The lowest BCUT2D eigenvalue weighted by molar-refractivity contribution is -0.305. The van der Waals surface area contributed by atoms with E-state index in [1.165, 1.54) is 0 Å². The molecule has 0 saturated carbocycles. The number of hydrogen-bond donors (Lipinski definition) is 1. The maximum atomic E-state index is 10.3. The normalized spacial score (nSPS) is 33.0. The highest BCUT2D eigenvalue weighted by molar-refractivity contribution is 5.13. The van der Waals surface area contributed by atoms with Crippen LogP contribution in [-0.2, 0) is 25.6 Å². The first-order valence-corrected chi connectivity index (χ1v) is 7.25. The van der Waals surface area contributed by atoms with Gasteiger partial charge in [0.05, 0.1) is 12.7 Å². The molecular weight excluding hydrogens is 272 g/mol. The summed E-state index contributed by atoms with van der Waals surface area (Å²) >= 11 is 0. The van der Waals surface area contributed by atoms with E-state index in [1.807, 2.05) is 37.3 Å². The van der Waals surface area contributed by atoms with Gasteiger partial charge in [0, 0.05) is 14.2 Å². The van der Waals surface area contributed by atoms with Gasteiger partial charge < -0.3 is 24.1 Å². The van der Waals surface area contributed by atoms with Crippen molar-refractivity contribution in [3.63, 3.8) is 0 Å². The molecule has 0 spiro atoms. The molecule has 0 aromatic heterocycles. The fourth-order valence-electron chi connectivity index (χ4n) is 2.63. The van der Waals surface area contributed by atoms with E-state index in [4.69, 9.17) is 18.9 Å². The quantitative estimate of drug-likeness (QED) is 0.866. The lowest BCUT2D eigenvalue weighted by atomic mass is 9.97. The summed E-state index contributed by atoms with van der Waals surface area (Å²) < 4.78 is 22.5. The number of hydrogen-bond acceptors (Lipinski definition) is 5. The third kappa shape index (κ3) is 3.81. The van der Waals surface area contributed by atoms with Gasteiger partial charge in [0.1, 0.15) is 18.3 Å². The topological polar surface area (TPSA) is 57.2 Å².